The summed E-state index contributed by atoms with van der Waals surface area (Å²) in [6.45, 7) is 1.55. The van der Waals surface area contributed by atoms with Crippen molar-refractivity contribution in [3.63, 3.8) is 0 Å². The Bertz CT molecular complexity index is 677. The molecule has 122 valence electrons. The zero-order chi connectivity index (χ0) is 15.4. The van der Waals surface area contributed by atoms with Gasteiger partial charge in [-0.15, -0.1) is 12.4 Å². The third-order valence-electron chi connectivity index (χ3n) is 3.29. The first-order chi connectivity index (χ1) is 10.7. The van der Waals surface area contributed by atoms with Gasteiger partial charge >= 0.3 is 0 Å². The standard InChI is InChI=1S/C16H17N3O3.ClH/c17-12-2-3-13(18-10-12)8-16(20)19-9-11-1-4-14-15(7-11)22-6-5-21-14;/h1-4,7,10H,5-6,8-9,17H2,(H,19,20);1H. The minimum atomic E-state index is -0.0906. The normalized spacial score (nSPS) is 12.2. The quantitative estimate of drug-likeness (QED) is 0.888. The molecule has 23 heavy (non-hydrogen) atoms. The van der Waals surface area contributed by atoms with Gasteiger partial charge in [0.2, 0.25) is 5.91 Å². The molecule has 2 aromatic rings. The molecule has 1 aliphatic rings. The van der Waals surface area contributed by atoms with Gasteiger partial charge in [-0.2, -0.15) is 0 Å². The number of ether oxygens (including phenoxy) is 2. The number of pyridine rings is 1. The number of hydrogen-bond donors (Lipinski definition) is 2. The van der Waals surface area contributed by atoms with Gasteiger partial charge in [-0.05, 0) is 29.8 Å². The summed E-state index contributed by atoms with van der Waals surface area (Å²) >= 11 is 0. The lowest BCUT2D eigenvalue weighted by Crippen LogP contribution is -2.25. The monoisotopic (exact) mass is 335 g/mol. The molecule has 0 unspecified atom stereocenters. The molecule has 7 heteroatoms. The Balaban J connectivity index is 0.00000192. The van der Waals surface area contributed by atoms with Crippen LogP contribution in [0.1, 0.15) is 11.3 Å². The van der Waals surface area contributed by atoms with Crippen LogP contribution in [0, 0.1) is 0 Å². The van der Waals surface area contributed by atoms with E-state index in [1.807, 2.05) is 18.2 Å². The molecule has 0 saturated carbocycles. The second-order valence-electron chi connectivity index (χ2n) is 5.01. The Labute approximate surface area is 140 Å². The van der Waals surface area contributed by atoms with Crippen LogP contribution < -0.4 is 20.5 Å². The van der Waals surface area contributed by atoms with Crippen LogP contribution in [0.15, 0.2) is 36.5 Å². The van der Waals surface area contributed by atoms with Crippen LogP contribution in [0.5, 0.6) is 11.5 Å². The molecule has 0 spiro atoms. The number of amides is 1. The predicted molar refractivity (Wildman–Crippen MR) is 88.9 cm³/mol. The Kier molecular flexibility index (Phi) is 5.65. The summed E-state index contributed by atoms with van der Waals surface area (Å²) in [7, 11) is 0. The second-order valence-corrected chi connectivity index (χ2v) is 5.01. The lowest BCUT2D eigenvalue weighted by atomic mass is 10.2. The number of carbonyl (C=O) groups is 1. The fourth-order valence-electron chi connectivity index (χ4n) is 2.17. The molecule has 1 aromatic heterocycles. The Morgan fingerprint density at radius 2 is 1.96 bits per heavy atom. The van der Waals surface area contributed by atoms with E-state index in [0.717, 1.165) is 17.1 Å². The third kappa shape index (κ3) is 4.50. The number of carbonyl (C=O) groups excluding carboxylic acids is 1. The fourth-order valence-corrected chi connectivity index (χ4v) is 2.17. The summed E-state index contributed by atoms with van der Waals surface area (Å²) in [5, 5.41) is 2.86. The van der Waals surface area contributed by atoms with Crippen molar-refractivity contribution in [2.24, 2.45) is 0 Å². The van der Waals surface area contributed by atoms with Crippen molar-refractivity contribution in [3.05, 3.63) is 47.8 Å². The van der Waals surface area contributed by atoms with Crippen LogP contribution in [-0.4, -0.2) is 24.1 Å². The summed E-state index contributed by atoms with van der Waals surface area (Å²) < 4.78 is 11.0. The maximum absolute atomic E-state index is 11.9. The van der Waals surface area contributed by atoms with Crippen LogP contribution in [-0.2, 0) is 17.8 Å². The molecule has 0 fully saturated rings. The molecule has 0 radical (unpaired) electrons. The number of nitrogens with one attached hydrogen (secondary N) is 1. The average Bonchev–Trinajstić information content (AvgIpc) is 2.55. The number of halogens is 1. The molecule has 0 aliphatic carbocycles. The highest BCUT2D eigenvalue weighted by Crippen LogP contribution is 2.30. The van der Waals surface area contributed by atoms with Crippen LogP contribution in [0.25, 0.3) is 0 Å². The first-order valence-corrected chi connectivity index (χ1v) is 7.06. The summed E-state index contributed by atoms with van der Waals surface area (Å²) in [6, 6.07) is 9.14. The van der Waals surface area contributed by atoms with Crippen molar-refractivity contribution in [2.75, 3.05) is 18.9 Å². The van der Waals surface area contributed by atoms with Gasteiger partial charge in [0.15, 0.2) is 11.5 Å². The van der Waals surface area contributed by atoms with Crippen LogP contribution >= 0.6 is 12.4 Å². The van der Waals surface area contributed by atoms with E-state index in [9.17, 15) is 4.79 Å². The number of benzene rings is 1. The van der Waals surface area contributed by atoms with Crippen molar-refractivity contribution in [2.45, 2.75) is 13.0 Å². The minimum Gasteiger partial charge on any atom is -0.486 e. The molecule has 1 aromatic carbocycles. The zero-order valence-electron chi connectivity index (χ0n) is 12.5. The van der Waals surface area contributed by atoms with Crippen molar-refractivity contribution in [1.82, 2.24) is 10.3 Å². The van der Waals surface area contributed by atoms with Gasteiger partial charge in [0.25, 0.3) is 0 Å². The highest BCUT2D eigenvalue weighted by atomic mass is 35.5. The van der Waals surface area contributed by atoms with Crippen LogP contribution in [0.2, 0.25) is 0 Å². The van der Waals surface area contributed by atoms with Crippen LogP contribution in [0.4, 0.5) is 5.69 Å². The molecular formula is C16H18ClN3O3. The summed E-state index contributed by atoms with van der Waals surface area (Å²) in [5.41, 5.74) is 7.80. The van der Waals surface area contributed by atoms with E-state index in [2.05, 4.69) is 10.3 Å². The lowest BCUT2D eigenvalue weighted by Gasteiger charge is -2.18. The fraction of sp³-hybridized carbons (Fsp3) is 0.250. The number of anilines is 1. The number of hydrogen-bond acceptors (Lipinski definition) is 5. The highest BCUT2D eigenvalue weighted by Gasteiger charge is 2.12. The van der Waals surface area contributed by atoms with Crippen LogP contribution in [0.3, 0.4) is 0 Å². The summed E-state index contributed by atoms with van der Waals surface area (Å²) in [5.74, 6) is 1.37. The van der Waals surface area contributed by atoms with Gasteiger partial charge in [0.05, 0.1) is 18.3 Å². The number of rotatable bonds is 4. The number of nitrogens with zero attached hydrogens (tertiary/aromatic N) is 1. The van der Waals surface area contributed by atoms with E-state index in [0.29, 0.717) is 31.1 Å². The summed E-state index contributed by atoms with van der Waals surface area (Å²) in [6.07, 6.45) is 1.77. The number of aromatic nitrogens is 1. The molecular weight excluding hydrogens is 318 g/mol. The van der Waals surface area contributed by atoms with Gasteiger partial charge in [0, 0.05) is 12.2 Å². The number of fused-ring (bicyclic) bond motifs is 1. The largest absolute Gasteiger partial charge is 0.486 e. The van der Waals surface area contributed by atoms with E-state index in [-0.39, 0.29) is 24.7 Å². The number of nitrogens with two attached hydrogens (primary N) is 1. The van der Waals surface area contributed by atoms with Gasteiger partial charge < -0.3 is 20.5 Å². The summed E-state index contributed by atoms with van der Waals surface area (Å²) in [4.78, 5) is 16.0. The SMILES string of the molecule is Cl.Nc1ccc(CC(=O)NCc2ccc3c(c2)OCCO3)nc1. The highest BCUT2D eigenvalue weighted by molar-refractivity contribution is 5.85. The lowest BCUT2D eigenvalue weighted by molar-refractivity contribution is -0.120. The molecule has 0 saturated heterocycles. The topological polar surface area (TPSA) is 86.5 Å². The molecule has 6 nitrogen and oxygen atoms in total. The smallest absolute Gasteiger partial charge is 0.226 e. The van der Waals surface area contributed by atoms with Gasteiger partial charge in [-0.25, -0.2) is 0 Å². The Hall–Kier alpha value is -2.47. The van der Waals surface area contributed by atoms with Crippen molar-refractivity contribution in [1.29, 1.82) is 0 Å². The van der Waals surface area contributed by atoms with E-state index < -0.39 is 0 Å². The Morgan fingerprint density at radius 3 is 2.70 bits per heavy atom. The van der Waals surface area contributed by atoms with Crippen molar-refractivity contribution in [3.8, 4) is 11.5 Å². The molecule has 0 atom stereocenters. The third-order valence-corrected chi connectivity index (χ3v) is 3.29. The van der Waals surface area contributed by atoms with Crippen molar-refractivity contribution < 1.29 is 14.3 Å². The van der Waals surface area contributed by atoms with Crippen molar-refractivity contribution >= 4 is 24.0 Å². The first kappa shape index (κ1) is 16.9. The molecule has 1 amide bonds. The van der Waals surface area contributed by atoms with E-state index in [4.69, 9.17) is 15.2 Å². The maximum Gasteiger partial charge on any atom is 0.226 e. The van der Waals surface area contributed by atoms with Gasteiger partial charge in [-0.3, -0.25) is 9.78 Å². The second kappa shape index (κ2) is 7.69. The first-order valence-electron chi connectivity index (χ1n) is 7.06. The average molecular weight is 336 g/mol. The molecule has 3 rings (SSSR count). The molecule has 0 bridgehead atoms. The van der Waals surface area contributed by atoms with Gasteiger partial charge in [0.1, 0.15) is 13.2 Å². The van der Waals surface area contributed by atoms with E-state index in [1.54, 1.807) is 18.3 Å². The number of nitrogen functional groups attached to an aromatic ring is 1. The minimum absolute atomic E-state index is 0. The van der Waals surface area contributed by atoms with Gasteiger partial charge in [-0.1, -0.05) is 6.07 Å². The zero-order valence-corrected chi connectivity index (χ0v) is 13.3. The maximum atomic E-state index is 11.9. The predicted octanol–water partition coefficient (Wildman–Crippen LogP) is 1.72. The molecule has 2 heterocycles. The molecule has 3 N–H and O–H groups in total. The molecule has 1 aliphatic heterocycles. The van der Waals surface area contributed by atoms with E-state index >= 15 is 0 Å². The Morgan fingerprint density at radius 1 is 1.17 bits per heavy atom. The van der Waals surface area contributed by atoms with E-state index in [1.165, 1.54) is 0 Å².